The van der Waals surface area contributed by atoms with Gasteiger partial charge in [-0.3, -0.25) is 4.79 Å². The number of nitrogens with zero attached hydrogens (tertiary/aromatic N) is 2. The Morgan fingerprint density at radius 1 is 1.05 bits per heavy atom. The second kappa shape index (κ2) is 5.81. The molecule has 3 nitrogen and oxygen atoms in total. The molecule has 0 saturated carbocycles. The van der Waals surface area contributed by atoms with Crippen LogP contribution < -0.4 is 0 Å². The van der Waals surface area contributed by atoms with Crippen LogP contribution in [0.25, 0.3) is 5.69 Å². The van der Waals surface area contributed by atoms with E-state index in [4.69, 9.17) is 0 Å². The molecular formula is C17H13IN2O. The molecule has 0 aliphatic carbocycles. The lowest BCUT2D eigenvalue weighted by atomic mass is 10.1. The maximum Gasteiger partial charge on any atom is 0.212 e. The first-order chi connectivity index (χ1) is 10.2. The fourth-order valence-corrected chi connectivity index (χ4v) is 2.82. The van der Waals surface area contributed by atoms with Gasteiger partial charge in [-0.2, -0.15) is 5.10 Å². The van der Waals surface area contributed by atoms with Gasteiger partial charge in [0, 0.05) is 9.13 Å². The minimum Gasteiger partial charge on any atom is -0.287 e. The molecule has 1 aromatic heterocycles. The number of para-hydroxylation sites is 1. The van der Waals surface area contributed by atoms with Crippen molar-refractivity contribution < 1.29 is 4.79 Å². The van der Waals surface area contributed by atoms with E-state index in [-0.39, 0.29) is 5.78 Å². The van der Waals surface area contributed by atoms with E-state index in [1.165, 1.54) is 0 Å². The van der Waals surface area contributed by atoms with E-state index >= 15 is 0 Å². The molecule has 0 aliphatic rings. The Morgan fingerprint density at radius 3 is 2.57 bits per heavy atom. The topological polar surface area (TPSA) is 34.9 Å². The highest BCUT2D eigenvalue weighted by molar-refractivity contribution is 14.1. The largest absolute Gasteiger partial charge is 0.287 e. The van der Waals surface area contributed by atoms with E-state index in [1.807, 2.05) is 55.5 Å². The molecule has 0 spiro atoms. The molecule has 0 saturated heterocycles. The number of benzene rings is 2. The summed E-state index contributed by atoms with van der Waals surface area (Å²) in [6.07, 6.45) is 1.66. The first-order valence-electron chi connectivity index (χ1n) is 6.58. The zero-order valence-corrected chi connectivity index (χ0v) is 13.6. The lowest BCUT2D eigenvalue weighted by molar-refractivity contribution is 0.103. The quantitative estimate of drug-likeness (QED) is 0.502. The molecule has 0 unspecified atom stereocenters. The molecule has 104 valence electrons. The van der Waals surface area contributed by atoms with Crippen LogP contribution >= 0.6 is 22.6 Å². The van der Waals surface area contributed by atoms with Crippen LogP contribution in [0.15, 0.2) is 60.8 Å². The van der Waals surface area contributed by atoms with Crippen molar-refractivity contribution >= 4 is 28.4 Å². The van der Waals surface area contributed by atoms with Crippen LogP contribution in [-0.4, -0.2) is 15.6 Å². The number of aryl methyl sites for hydroxylation is 1. The van der Waals surface area contributed by atoms with Gasteiger partial charge in [0.2, 0.25) is 5.78 Å². The fraction of sp³-hybridized carbons (Fsp3) is 0.0588. The number of halogens is 1. The molecule has 0 bridgehead atoms. The Balaban J connectivity index is 2.08. The maximum absolute atomic E-state index is 12.8. The zero-order valence-electron chi connectivity index (χ0n) is 11.5. The minimum absolute atomic E-state index is 0.00977. The van der Waals surface area contributed by atoms with Crippen LogP contribution in [0, 0.1) is 10.5 Å². The van der Waals surface area contributed by atoms with Crippen LogP contribution in [0.2, 0.25) is 0 Å². The number of hydrogen-bond acceptors (Lipinski definition) is 2. The van der Waals surface area contributed by atoms with Crippen molar-refractivity contribution in [2.75, 3.05) is 0 Å². The van der Waals surface area contributed by atoms with E-state index in [9.17, 15) is 4.79 Å². The van der Waals surface area contributed by atoms with E-state index < -0.39 is 0 Å². The van der Waals surface area contributed by atoms with Crippen molar-refractivity contribution in [1.29, 1.82) is 0 Å². The van der Waals surface area contributed by atoms with Crippen molar-refractivity contribution in [2.24, 2.45) is 0 Å². The highest BCUT2D eigenvalue weighted by Crippen LogP contribution is 2.21. The summed E-state index contributed by atoms with van der Waals surface area (Å²) in [6.45, 7) is 2.01. The number of carbonyl (C=O) groups is 1. The second-order valence-corrected chi connectivity index (χ2v) is 5.81. The molecule has 0 fully saturated rings. The first-order valence-corrected chi connectivity index (χ1v) is 7.65. The van der Waals surface area contributed by atoms with Crippen molar-refractivity contribution in [3.05, 3.63) is 81.2 Å². The van der Waals surface area contributed by atoms with Crippen molar-refractivity contribution in [3.63, 3.8) is 0 Å². The molecule has 0 radical (unpaired) electrons. The molecule has 1 heterocycles. The van der Waals surface area contributed by atoms with Gasteiger partial charge in [-0.05, 0) is 59.3 Å². The smallest absolute Gasteiger partial charge is 0.212 e. The van der Waals surface area contributed by atoms with Crippen LogP contribution in [0.5, 0.6) is 0 Å². The van der Waals surface area contributed by atoms with Crippen LogP contribution in [-0.2, 0) is 0 Å². The summed E-state index contributed by atoms with van der Waals surface area (Å²) in [6, 6.07) is 17.2. The van der Waals surface area contributed by atoms with Gasteiger partial charge >= 0.3 is 0 Å². The van der Waals surface area contributed by atoms with Gasteiger partial charge in [-0.1, -0.05) is 30.3 Å². The summed E-state index contributed by atoms with van der Waals surface area (Å²) in [5.74, 6) is -0.00977. The predicted molar refractivity (Wildman–Crippen MR) is 90.9 cm³/mol. The Bertz CT molecular complexity index is 794. The highest BCUT2D eigenvalue weighted by Gasteiger charge is 2.18. The van der Waals surface area contributed by atoms with Gasteiger partial charge < -0.3 is 0 Å². The SMILES string of the molecule is Cc1cccc(C(=O)c2ccnn2-c2ccccc2)c1I. The van der Waals surface area contributed by atoms with E-state index in [0.29, 0.717) is 11.3 Å². The normalized spacial score (nSPS) is 10.6. The van der Waals surface area contributed by atoms with Gasteiger partial charge in [-0.25, -0.2) is 4.68 Å². The fourth-order valence-electron chi connectivity index (χ4n) is 2.21. The molecule has 0 N–H and O–H groups in total. The van der Waals surface area contributed by atoms with Crippen LogP contribution in [0.1, 0.15) is 21.6 Å². The molecule has 4 heteroatoms. The van der Waals surface area contributed by atoms with Crippen LogP contribution in [0.3, 0.4) is 0 Å². The van der Waals surface area contributed by atoms with Crippen LogP contribution in [0.4, 0.5) is 0 Å². The Hall–Kier alpha value is -1.95. The average Bonchev–Trinajstić information content (AvgIpc) is 3.00. The third-order valence-corrected chi connectivity index (χ3v) is 4.74. The van der Waals surface area contributed by atoms with E-state index in [0.717, 1.165) is 14.8 Å². The van der Waals surface area contributed by atoms with Crippen molar-refractivity contribution in [3.8, 4) is 5.69 Å². The molecule has 21 heavy (non-hydrogen) atoms. The van der Waals surface area contributed by atoms with E-state index in [2.05, 4.69) is 27.7 Å². The summed E-state index contributed by atoms with van der Waals surface area (Å²) < 4.78 is 2.67. The summed E-state index contributed by atoms with van der Waals surface area (Å²) in [7, 11) is 0. The van der Waals surface area contributed by atoms with Gasteiger partial charge in [-0.15, -0.1) is 0 Å². The minimum atomic E-state index is -0.00977. The summed E-state index contributed by atoms with van der Waals surface area (Å²) in [4.78, 5) is 12.8. The van der Waals surface area contributed by atoms with Gasteiger partial charge in [0.05, 0.1) is 11.9 Å². The summed E-state index contributed by atoms with van der Waals surface area (Å²) >= 11 is 2.22. The number of carbonyl (C=O) groups excluding carboxylic acids is 1. The monoisotopic (exact) mass is 388 g/mol. The zero-order chi connectivity index (χ0) is 14.8. The highest BCUT2D eigenvalue weighted by atomic mass is 127. The lowest BCUT2D eigenvalue weighted by Gasteiger charge is -2.09. The summed E-state index contributed by atoms with van der Waals surface area (Å²) in [5, 5.41) is 4.28. The number of hydrogen-bond donors (Lipinski definition) is 0. The van der Waals surface area contributed by atoms with Gasteiger partial charge in [0.25, 0.3) is 0 Å². The van der Waals surface area contributed by atoms with Gasteiger partial charge in [0.1, 0.15) is 5.69 Å². The molecule has 0 atom stereocenters. The average molecular weight is 388 g/mol. The van der Waals surface area contributed by atoms with Crippen molar-refractivity contribution in [1.82, 2.24) is 9.78 Å². The standard InChI is InChI=1S/C17H13IN2O/c1-12-6-5-9-14(16(12)18)17(21)15-10-11-19-20(15)13-7-3-2-4-8-13/h2-11H,1H3. The molecule has 2 aromatic carbocycles. The third-order valence-electron chi connectivity index (χ3n) is 3.31. The first kappa shape index (κ1) is 14.0. The Morgan fingerprint density at radius 2 is 1.81 bits per heavy atom. The van der Waals surface area contributed by atoms with Gasteiger partial charge in [0.15, 0.2) is 0 Å². The Kier molecular flexibility index (Phi) is 3.88. The number of rotatable bonds is 3. The Labute approximate surface area is 136 Å². The molecule has 3 rings (SSSR count). The second-order valence-electron chi connectivity index (χ2n) is 4.73. The molecule has 0 amide bonds. The lowest BCUT2D eigenvalue weighted by Crippen LogP contribution is -2.11. The molecular weight excluding hydrogens is 375 g/mol. The molecule has 3 aromatic rings. The number of aromatic nitrogens is 2. The third kappa shape index (κ3) is 2.63. The van der Waals surface area contributed by atoms with Crippen molar-refractivity contribution in [2.45, 2.75) is 6.92 Å². The summed E-state index contributed by atoms with van der Waals surface area (Å²) in [5.41, 5.74) is 3.28. The maximum atomic E-state index is 12.8. The number of ketones is 1. The van der Waals surface area contributed by atoms with E-state index in [1.54, 1.807) is 16.9 Å². The predicted octanol–water partition coefficient (Wildman–Crippen LogP) is 4.02. The molecule has 0 aliphatic heterocycles.